The van der Waals surface area contributed by atoms with Crippen LogP contribution in [0.1, 0.15) is 25.5 Å². The van der Waals surface area contributed by atoms with Gasteiger partial charge in [0, 0.05) is 16.0 Å². The van der Waals surface area contributed by atoms with Gasteiger partial charge in [-0.3, -0.25) is 0 Å². The van der Waals surface area contributed by atoms with Crippen LogP contribution in [0.2, 0.25) is 10.0 Å². The predicted octanol–water partition coefficient (Wildman–Crippen LogP) is 4.36. The van der Waals surface area contributed by atoms with Crippen LogP contribution >= 0.6 is 35.6 Å². The molecular weight excluding hydrogens is 315 g/mol. The summed E-state index contributed by atoms with van der Waals surface area (Å²) < 4.78 is 19.0. The number of halogens is 4. The van der Waals surface area contributed by atoms with E-state index in [2.05, 4.69) is 5.32 Å². The van der Waals surface area contributed by atoms with Crippen molar-refractivity contribution < 1.29 is 13.9 Å². The molecule has 1 aromatic rings. The van der Waals surface area contributed by atoms with Crippen LogP contribution in [0.3, 0.4) is 0 Å². The molecule has 0 aliphatic carbocycles. The van der Waals surface area contributed by atoms with Gasteiger partial charge in [0.25, 0.3) is 0 Å². The lowest BCUT2D eigenvalue weighted by Gasteiger charge is -2.39. The summed E-state index contributed by atoms with van der Waals surface area (Å²) in [4.78, 5) is 11.3. The van der Waals surface area contributed by atoms with Crippen molar-refractivity contribution in [3.05, 3.63) is 33.6 Å². The molecule has 7 heteroatoms. The van der Waals surface area contributed by atoms with E-state index in [4.69, 9.17) is 27.9 Å². The van der Waals surface area contributed by atoms with Crippen molar-refractivity contribution >= 4 is 41.7 Å². The van der Waals surface area contributed by atoms with Gasteiger partial charge in [0.15, 0.2) is 0 Å². The van der Waals surface area contributed by atoms with Gasteiger partial charge in [-0.15, -0.1) is 12.4 Å². The summed E-state index contributed by atoms with van der Waals surface area (Å²) in [5, 5.41) is 2.80. The molecule has 0 unspecified atom stereocenters. The summed E-state index contributed by atoms with van der Waals surface area (Å²) in [5.41, 5.74) is -0.283. The highest BCUT2D eigenvalue weighted by Gasteiger charge is 2.40. The molecule has 0 radical (unpaired) electrons. The first kappa shape index (κ1) is 16.3. The van der Waals surface area contributed by atoms with Crippen molar-refractivity contribution in [2.45, 2.75) is 19.9 Å². The Morgan fingerprint density at radius 1 is 1.37 bits per heavy atom. The lowest BCUT2D eigenvalue weighted by molar-refractivity contribution is 0.0378. The van der Waals surface area contributed by atoms with Gasteiger partial charge in [-0.2, -0.15) is 0 Å². The Morgan fingerprint density at radius 3 is 2.58 bits per heavy atom. The maximum Gasteiger partial charge on any atom is 0.407 e. The van der Waals surface area contributed by atoms with E-state index in [1.165, 1.54) is 12.1 Å². The fourth-order valence-corrected chi connectivity index (χ4v) is 2.38. The Hall–Kier alpha value is -0.710. The predicted molar refractivity (Wildman–Crippen MR) is 74.7 cm³/mol. The standard InChI is InChI=1S/C12H12Cl2FNO2.ClH/c1-12(2)5-18-11(17)16-10(12)8-6(13)3-4-7(14)9(8)15;/h3-4,10H,5H2,1-2H3,(H,16,17);1H/t10-;/m0./s1. The van der Waals surface area contributed by atoms with Crippen LogP contribution in [0, 0.1) is 11.2 Å². The molecule has 0 saturated carbocycles. The highest BCUT2D eigenvalue weighted by atomic mass is 35.5. The SMILES string of the molecule is CC1(C)COC(=O)N[C@H]1c1c(Cl)ccc(Cl)c1F.Cl. The zero-order valence-corrected chi connectivity index (χ0v) is 12.6. The molecule has 19 heavy (non-hydrogen) atoms. The number of cyclic esters (lactones) is 1. The minimum Gasteiger partial charge on any atom is -0.449 e. The van der Waals surface area contributed by atoms with Gasteiger partial charge in [-0.05, 0) is 12.1 Å². The molecule has 0 bridgehead atoms. The quantitative estimate of drug-likeness (QED) is 0.778. The Bertz CT molecular complexity index is 508. The fraction of sp³-hybridized carbons (Fsp3) is 0.417. The number of hydrogen-bond acceptors (Lipinski definition) is 2. The Balaban J connectivity index is 0.00000180. The molecule has 0 spiro atoms. The monoisotopic (exact) mass is 327 g/mol. The van der Waals surface area contributed by atoms with Crippen LogP contribution in [0.4, 0.5) is 9.18 Å². The van der Waals surface area contributed by atoms with Gasteiger partial charge in [0.2, 0.25) is 0 Å². The molecule has 1 amide bonds. The van der Waals surface area contributed by atoms with Crippen molar-refractivity contribution in [2.75, 3.05) is 6.61 Å². The van der Waals surface area contributed by atoms with Gasteiger partial charge in [0.05, 0.1) is 11.1 Å². The number of rotatable bonds is 1. The molecule has 1 aromatic carbocycles. The van der Waals surface area contributed by atoms with E-state index in [-0.39, 0.29) is 34.6 Å². The molecule has 1 heterocycles. The summed E-state index contributed by atoms with van der Waals surface area (Å²) in [6, 6.07) is 2.32. The Morgan fingerprint density at radius 2 is 1.95 bits per heavy atom. The normalized spacial score (nSPS) is 21.1. The fourth-order valence-electron chi connectivity index (χ4n) is 1.96. The van der Waals surface area contributed by atoms with E-state index < -0.39 is 23.4 Å². The van der Waals surface area contributed by atoms with Gasteiger partial charge >= 0.3 is 6.09 Å². The van der Waals surface area contributed by atoms with Gasteiger partial charge < -0.3 is 10.1 Å². The smallest absolute Gasteiger partial charge is 0.407 e. The third-order valence-corrected chi connectivity index (χ3v) is 3.61. The second kappa shape index (κ2) is 5.73. The van der Waals surface area contributed by atoms with Crippen molar-refractivity contribution in [2.24, 2.45) is 5.41 Å². The van der Waals surface area contributed by atoms with Crippen molar-refractivity contribution in [1.82, 2.24) is 5.32 Å². The maximum atomic E-state index is 14.1. The maximum absolute atomic E-state index is 14.1. The van der Waals surface area contributed by atoms with Crippen molar-refractivity contribution in [3.63, 3.8) is 0 Å². The van der Waals surface area contributed by atoms with Crippen LogP contribution in [-0.4, -0.2) is 12.7 Å². The van der Waals surface area contributed by atoms with E-state index in [0.29, 0.717) is 0 Å². The third kappa shape index (κ3) is 3.07. The van der Waals surface area contributed by atoms with Crippen LogP contribution in [0.5, 0.6) is 0 Å². The Labute approximate surface area is 126 Å². The molecule has 0 aromatic heterocycles. The first-order chi connectivity index (χ1) is 8.33. The first-order valence-electron chi connectivity index (χ1n) is 5.39. The zero-order valence-electron chi connectivity index (χ0n) is 10.3. The first-order valence-corrected chi connectivity index (χ1v) is 6.15. The zero-order chi connectivity index (χ0) is 13.5. The number of nitrogens with one attached hydrogen (secondary N) is 1. The highest BCUT2D eigenvalue weighted by molar-refractivity contribution is 6.33. The van der Waals surface area contributed by atoms with Crippen molar-refractivity contribution in [1.29, 1.82) is 0 Å². The van der Waals surface area contributed by atoms with Crippen LogP contribution in [-0.2, 0) is 4.74 Å². The van der Waals surface area contributed by atoms with E-state index >= 15 is 0 Å². The number of benzene rings is 1. The Kier molecular flexibility index (Phi) is 4.93. The number of alkyl carbamates (subject to hydrolysis) is 1. The number of amides is 1. The number of carbonyl (C=O) groups excluding carboxylic acids is 1. The molecule has 1 aliphatic heterocycles. The van der Waals surface area contributed by atoms with Crippen LogP contribution < -0.4 is 5.32 Å². The molecule has 106 valence electrons. The van der Waals surface area contributed by atoms with Gasteiger partial charge in [-0.25, -0.2) is 9.18 Å². The number of carbonyl (C=O) groups is 1. The summed E-state index contributed by atoms with van der Waals surface area (Å²) in [5.74, 6) is -0.607. The molecule has 1 fully saturated rings. The van der Waals surface area contributed by atoms with Gasteiger partial charge in [0.1, 0.15) is 12.4 Å². The number of hydrogen-bond donors (Lipinski definition) is 1. The second-order valence-electron chi connectivity index (χ2n) is 4.90. The van der Waals surface area contributed by atoms with Crippen LogP contribution in [0.25, 0.3) is 0 Å². The molecule has 2 rings (SSSR count). The van der Waals surface area contributed by atoms with E-state index in [9.17, 15) is 9.18 Å². The highest BCUT2D eigenvalue weighted by Crippen LogP contribution is 2.41. The molecule has 1 aliphatic rings. The second-order valence-corrected chi connectivity index (χ2v) is 5.71. The largest absolute Gasteiger partial charge is 0.449 e. The average molecular weight is 329 g/mol. The minimum atomic E-state index is -0.607. The van der Waals surface area contributed by atoms with Crippen LogP contribution in [0.15, 0.2) is 12.1 Å². The average Bonchev–Trinajstić information content (AvgIpc) is 2.29. The van der Waals surface area contributed by atoms with E-state index in [0.717, 1.165) is 0 Å². The summed E-state index contributed by atoms with van der Waals surface area (Å²) >= 11 is 11.8. The summed E-state index contributed by atoms with van der Waals surface area (Å²) in [6.07, 6.45) is -0.588. The number of ether oxygens (including phenoxy) is 1. The van der Waals surface area contributed by atoms with Gasteiger partial charge in [-0.1, -0.05) is 37.0 Å². The van der Waals surface area contributed by atoms with E-state index in [1.54, 1.807) is 0 Å². The lowest BCUT2D eigenvalue weighted by atomic mass is 9.80. The van der Waals surface area contributed by atoms with E-state index in [1.807, 2.05) is 13.8 Å². The molecule has 1 saturated heterocycles. The van der Waals surface area contributed by atoms with Crippen molar-refractivity contribution in [3.8, 4) is 0 Å². The summed E-state index contributed by atoms with van der Waals surface area (Å²) in [6.45, 7) is 3.90. The molecule has 3 nitrogen and oxygen atoms in total. The third-order valence-electron chi connectivity index (χ3n) is 2.99. The lowest BCUT2D eigenvalue weighted by Crippen LogP contribution is -2.47. The molecular formula is C12H13Cl3FNO2. The minimum absolute atomic E-state index is 0. The summed E-state index contributed by atoms with van der Waals surface area (Å²) in [7, 11) is 0. The molecule has 1 N–H and O–H groups in total. The topological polar surface area (TPSA) is 38.3 Å². The molecule has 1 atom stereocenters.